The topological polar surface area (TPSA) is 112 Å². The highest BCUT2D eigenvalue weighted by atomic mass is 32.2. The molecule has 2 aromatic heterocycles. The number of methoxy groups -OCH3 is 2. The third kappa shape index (κ3) is 4.82. The molecule has 2 heterocycles. The molecule has 0 amide bonds. The van der Waals surface area contributed by atoms with Gasteiger partial charge in [0.1, 0.15) is 11.5 Å². The number of ether oxygens (including phenoxy) is 2. The molecule has 3 rings (SSSR count). The largest absolute Gasteiger partial charge is 0.497 e. The molecule has 1 aromatic carbocycles. The van der Waals surface area contributed by atoms with Crippen LogP contribution in [0.15, 0.2) is 50.1 Å². The number of rotatable bonds is 9. The Hall–Kier alpha value is -3.27. The highest BCUT2D eigenvalue weighted by Gasteiger charge is 2.15. The van der Waals surface area contributed by atoms with Gasteiger partial charge in [-0.2, -0.15) is 0 Å². The molecule has 0 aliphatic heterocycles. The first-order valence-electron chi connectivity index (χ1n) is 9.05. The van der Waals surface area contributed by atoms with Crippen LogP contribution in [0.2, 0.25) is 0 Å². The van der Waals surface area contributed by atoms with Crippen LogP contribution in [0.1, 0.15) is 22.7 Å². The molecule has 0 aliphatic carbocycles. The Morgan fingerprint density at radius 1 is 1.20 bits per heavy atom. The van der Waals surface area contributed by atoms with Crippen LogP contribution in [0, 0.1) is 6.92 Å². The van der Waals surface area contributed by atoms with Crippen LogP contribution in [-0.4, -0.2) is 34.0 Å². The van der Waals surface area contributed by atoms with Gasteiger partial charge in [-0.3, -0.25) is 9.36 Å². The summed E-state index contributed by atoms with van der Waals surface area (Å²) in [4.78, 5) is 27.2. The third-order valence-corrected chi connectivity index (χ3v) is 5.25. The molecule has 1 N–H and O–H groups in total. The Morgan fingerprint density at radius 2 is 1.90 bits per heavy atom. The van der Waals surface area contributed by atoms with E-state index in [9.17, 15) is 9.59 Å². The summed E-state index contributed by atoms with van der Waals surface area (Å²) in [5.41, 5.74) is 0.971. The molecule has 158 valence electrons. The van der Waals surface area contributed by atoms with Gasteiger partial charge in [0.2, 0.25) is 5.89 Å². The van der Waals surface area contributed by atoms with E-state index in [0.717, 1.165) is 10.1 Å². The van der Waals surface area contributed by atoms with Gasteiger partial charge in [0.25, 0.3) is 10.8 Å². The van der Waals surface area contributed by atoms with Gasteiger partial charge in [-0.05, 0) is 24.6 Å². The van der Waals surface area contributed by atoms with Crippen molar-refractivity contribution < 1.29 is 13.9 Å². The smallest absolute Gasteiger partial charge is 0.328 e. The zero-order chi connectivity index (χ0) is 21.7. The summed E-state index contributed by atoms with van der Waals surface area (Å²) in [6.45, 7) is 5.36. The Bertz CT molecular complexity index is 1140. The second kappa shape index (κ2) is 9.49. The lowest BCUT2D eigenvalue weighted by Gasteiger charge is -2.07. The van der Waals surface area contributed by atoms with Crippen molar-refractivity contribution in [1.29, 1.82) is 0 Å². The molecule has 3 aromatic rings. The normalized spacial score (nSPS) is 10.8. The van der Waals surface area contributed by atoms with Crippen molar-refractivity contribution in [3.8, 4) is 11.5 Å². The average molecular weight is 430 g/mol. The number of aromatic nitrogens is 4. The van der Waals surface area contributed by atoms with E-state index in [1.165, 1.54) is 17.8 Å². The average Bonchev–Trinajstić information content (AvgIpc) is 3.20. The van der Waals surface area contributed by atoms with Crippen LogP contribution in [0.5, 0.6) is 11.5 Å². The molecule has 0 aliphatic rings. The second-order valence-corrected chi connectivity index (χ2v) is 7.31. The van der Waals surface area contributed by atoms with Gasteiger partial charge < -0.3 is 18.9 Å². The van der Waals surface area contributed by atoms with E-state index in [4.69, 9.17) is 13.9 Å². The van der Waals surface area contributed by atoms with Gasteiger partial charge >= 0.3 is 5.69 Å². The number of H-pyrrole nitrogens is 1. The van der Waals surface area contributed by atoms with Crippen LogP contribution >= 0.6 is 11.8 Å². The molecule has 0 spiro atoms. The zero-order valence-electron chi connectivity index (χ0n) is 16.9. The van der Waals surface area contributed by atoms with Gasteiger partial charge in [0.05, 0.1) is 20.6 Å². The molecule has 0 unspecified atom stereocenters. The third-order valence-electron chi connectivity index (χ3n) is 4.36. The standard InChI is InChI=1S/C20H22N4O5S/c1-5-6-24-18(25)16(12(2)21-19(24)26)10-17-22-23-20(29-17)30-11-13-7-14(27-3)9-15(8-13)28-4/h5,7-9H,1,6,10-11H2,2-4H3,(H,21,26). The summed E-state index contributed by atoms with van der Waals surface area (Å²) in [6.07, 6.45) is 1.61. The number of nitrogens with one attached hydrogen (secondary N) is 1. The van der Waals surface area contributed by atoms with Crippen LogP contribution in [0.25, 0.3) is 0 Å². The molecule has 0 bridgehead atoms. The minimum atomic E-state index is -0.475. The van der Waals surface area contributed by atoms with Crippen molar-refractivity contribution in [3.63, 3.8) is 0 Å². The molecule has 0 radical (unpaired) electrons. The van der Waals surface area contributed by atoms with Crippen molar-refractivity contribution in [1.82, 2.24) is 19.7 Å². The first-order chi connectivity index (χ1) is 14.4. The lowest BCUT2D eigenvalue weighted by molar-refractivity contribution is 0.393. The first kappa shape index (κ1) is 21.4. The Labute approximate surface area is 176 Å². The van der Waals surface area contributed by atoms with Crippen molar-refractivity contribution in [2.75, 3.05) is 14.2 Å². The zero-order valence-corrected chi connectivity index (χ0v) is 17.7. The van der Waals surface area contributed by atoms with E-state index in [0.29, 0.717) is 33.7 Å². The number of aryl methyl sites for hydroxylation is 1. The Morgan fingerprint density at radius 3 is 2.53 bits per heavy atom. The number of allylic oxidation sites excluding steroid dienone is 1. The summed E-state index contributed by atoms with van der Waals surface area (Å²) in [5, 5.41) is 8.43. The molecule has 10 heteroatoms. The predicted molar refractivity (Wildman–Crippen MR) is 112 cm³/mol. The summed E-state index contributed by atoms with van der Waals surface area (Å²) in [5.74, 6) is 2.25. The van der Waals surface area contributed by atoms with E-state index in [-0.39, 0.29) is 18.9 Å². The maximum absolute atomic E-state index is 12.6. The van der Waals surface area contributed by atoms with Crippen molar-refractivity contribution in [2.45, 2.75) is 30.9 Å². The predicted octanol–water partition coefficient (Wildman–Crippen LogP) is 2.31. The van der Waals surface area contributed by atoms with Crippen LogP contribution in [0.3, 0.4) is 0 Å². The summed E-state index contributed by atoms with van der Waals surface area (Å²) in [6, 6.07) is 5.60. The quantitative estimate of drug-likeness (QED) is 0.407. The number of nitrogens with zero attached hydrogens (tertiary/aromatic N) is 3. The number of benzene rings is 1. The first-order valence-corrected chi connectivity index (χ1v) is 10.0. The molecular formula is C20H22N4O5S. The van der Waals surface area contributed by atoms with Gasteiger partial charge in [-0.25, -0.2) is 4.79 Å². The van der Waals surface area contributed by atoms with E-state index in [2.05, 4.69) is 21.8 Å². The highest BCUT2D eigenvalue weighted by molar-refractivity contribution is 7.98. The molecular weight excluding hydrogens is 408 g/mol. The lowest BCUT2D eigenvalue weighted by atomic mass is 10.1. The number of thioether (sulfide) groups is 1. The minimum Gasteiger partial charge on any atom is -0.497 e. The van der Waals surface area contributed by atoms with Gasteiger partial charge in [-0.15, -0.1) is 16.8 Å². The Balaban J connectivity index is 1.75. The fraction of sp³-hybridized carbons (Fsp3) is 0.300. The van der Waals surface area contributed by atoms with Crippen LogP contribution in [-0.2, 0) is 18.7 Å². The molecule has 0 fully saturated rings. The monoisotopic (exact) mass is 430 g/mol. The number of aromatic amines is 1. The van der Waals surface area contributed by atoms with E-state index in [1.54, 1.807) is 27.2 Å². The van der Waals surface area contributed by atoms with E-state index >= 15 is 0 Å². The molecule has 30 heavy (non-hydrogen) atoms. The Kier molecular flexibility index (Phi) is 6.78. The number of hydrogen-bond acceptors (Lipinski definition) is 8. The second-order valence-electron chi connectivity index (χ2n) is 6.39. The molecule has 0 saturated heterocycles. The molecule has 0 atom stereocenters. The van der Waals surface area contributed by atoms with E-state index < -0.39 is 11.2 Å². The fourth-order valence-corrected chi connectivity index (χ4v) is 3.55. The molecule has 0 saturated carbocycles. The fourth-order valence-electron chi connectivity index (χ4n) is 2.84. The van der Waals surface area contributed by atoms with Gasteiger partial charge in [-0.1, -0.05) is 17.8 Å². The van der Waals surface area contributed by atoms with Crippen LogP contribution < -0.4 is 20.7 Å². The van der Waals surface area contributed by atoms with Crippen molar-refractivity contribution in [2.24, 2.45) is 0 Å². The lowest BCUT2D eigenvalue weighted by Crippen LogP contribution is -2.37. The summed E-state index contributed by atoms with van der Waals surface area (Å²) in [7, 11) is 3.19. The van der Waals surface area contributed by atoms with Gasteiger partial charge in [0, 0.05) is 29.6 Å². The molecule has 9 nitrogen and oxygen atoms in total. The van der Waals surface area contributed by atoms with E-state index in [1.807, 2.05) is 12.1 Å². The summed E-state index contributed by atoms with van der Waals surface area (Å²) < 4.78 is 17.3. The highest BCUT2D eigenvalue weighted by Crippen LogP contribution is 2.28. The maximum Gasteiger partial charge on any atom is 0.328 e. The van der Waals surface area contributed by atoms with Crippen LogP contribution in [0.4, 0.5) is 0 Å². The SMILES string of the molecule is C=CCn1c(=O)[nH]c(C)c(Cc2nnc(SCc3cc(OC)cc(OC)c3)o2)c1=O. The maximum atomic E-state index is 12.6. The van der Waals surface area contributed by atoms with Crippen molar-refractivity contribution in [3.05, 3.63) is 74.4 Å². The number of hydrogen-bond donors (Lipinski definition) is 1. The summed E-state index contributed by atoms with van der Waals surface area (Å²) >= 11 is 1.36. The van der Waals surface area contributed by atoms with Crippen molar-refractivity contribution >= 4 is 11.8 Å². The van der Waals surface area contributed by atoms with Gasteiger partial charge in [0.15, 0.2) is 0 Å². The minimum absolute atomic E-state index is 0.121.